The number of anilines is 1. The fourth-order valence-corrected chi connectivity index (χ4v) is 4.20. The Balaban J connectivity index is 1.71. The van der Waals surface area contributed by atoms with Gasteiger partial charge in [0.05, 0.1) is 11.0 Å². The van der Waals surface area contributed by atoms with Crippen LogP contribution in [0.5, 0.6) is 6.01 Å². The molecule has 2 aliphatic rings. The first kappa shape index (κ1) is 19.5. The fraction of sp³-hybridized carbons (Fsp3) is 0.632. The number of likely N-dealkylation sites (tertiary alicyclic amines) is 1. The Kier molecular flexibility index (Phi) is 5.28. The van der Waals surface area contributed by atoms with Crippen molar-refractivity contribution >= 4 is 28.3 Å². The number of ether oxygens (including phenoxy) is 1. The minimum Gasteiger partial charge on any atom is -0.462 e. The summed E-state index contributed by atoms with van der Waals surface area (Å²) >= 11 is 5.88. The largest absolute Gasteiger partial charge is 0.462 e. The zero-order chi connectivity index (χ0) is 19.9. The molecule has 28 heavy (non-hydrogen) atoms. The minimum absolute atomic E-state index is 0.0880. The molecule has 0 unspecified atom stereocenters. The molecule has 7 nitrogen and oxygen atoms in total. The Bertz CT molecular complexity index is 881. The van der Waals surface area contributed by atoms with Gasteiger partial charge in [-0.25, -0.2) is 9.37 Å². The molecule has 4 rings (SSSR count). The van der Waals surface area contributed by atoms with E-state index >= 15 is 0 Å². The zero-order valence-electron chi connectivity index (χ0n) is 16.2. The van der Waals surface area contributed by atoms with Crippen LogP contribution in [0.25, 0.3) is 10.9 Å². The van der Waals surface area contributed by atoms with Crippen molar-refractivity contribution in [3.8, 4) is 6.01 Å². The monoisotopic (exact) mass is 409 g/mol. The Morgan fingerprint density at radius 3 is 2.89 bits per heavy atom. The molecule has 2 aromatic heterocycles. The van der Waals surface area contributed by atoms with Gasteiger partial charge in [0.1, 0.15) is 17.9 Å². The van der Waals surface area contributed by atoms with Crippen molar-refractivity contribution in [1.82, 2.24) is 19.9 Å². The van der Waals surface area contributed by atoms with Crippen LogP contribution in [0.2, 0.25) is 5.15 Å². The second-order valence-corrected chi connectivity index (χ2v) is 8.42. The first-order valence-corrected chi connectivity index (χ1v) is 10.0. The molecule has 1 N–H and O–H groups in total. The lowest BCUT2D eigenvalue weighted by Gasteiger charge is -2.37. The maximum atomic E-state index is 14.7. The van der Waals surface area contributed by atoms with Gasteiger partial charge in [-0.3, -0.25) is 0 Å². The number of piperidine rings is 1. The predicted molar refractivity (Wildman–Crippen MR) is 106 cm³/mol. The van der Waals surface area contributed by atoms with Crippen molar-refractivity contribution in [3.05, 3.63) is 17.2 Å². The fourth-order valence-electron chi connectivity index (χ4n) is 4.07. The molecule has 2 aromatic rings. The standard InChI is InChI=1S/C19H25ClFN5O2/c1-19(27)6-4-8-26(11-19)17-13-9-22-16(20)14(21)15(13)23-18(24-17)28-10-12-5-3-7-25(12)2/h9,12,27H,3-8,10-11H2,1-2H3/t12-,19+/m0/s1. The second kappa shape index (κ2) is 7.57. The highest BCUT2D eigenvalue weighted by molar-refractivity contribution is 6.30. The van der Waals surface area contributed by atoms with Crippen LogP contribution in [0.15, 0.2) is 6.20 Å². The Labute approximate surface area is 168 Å². The molecule has 2 saturated heterocycles. The van der Waals surface area contributed by atoms with E-state index in [1.807, 2.05) is 4.90 Å². The van der Waals surface area contributed by atoms with E-state index in [1.54, 1.807) is 6.92 Å². The SMILES string of the molecule is CN1CCC[C@H]1COc1nc(N2CCC[C@@](C)(O)C2)c2cnc(Cl)c(F)c2n1. The summed E-state index contributed by atoms with van der Waals surface area (Å²) in [6.45, 7) is 4.38. The third-order valence-corrected chi connectivity index (χ3v) is 5.92. The molecular formula is C19H25ClFN5O2. The molecule has 0 spiro atoms. The van der Waals surface area contributed by atoms with Crippen LogP contribution in [0, 0.1) is 5.82 Å². The lowest BCUT2D eigenvalue weighted by molar-refractivity contribution is 0.0447. The third kappa shape index (κ3) is 3.86. The van der Waals surface area contributed by atoms with Gasteiger partial charge in [-0.1, -0.05) is 11.6 Å². The molecular weight excluding hydrogens is 385 g/mol. The van der Waals surface area contributed by atoms with Crippen LogP contribution in [0.4, 0.5) is 10.2 Å². The number of hydrogen-bond donors (Lipinski definition) is 1. The molecule has 0 radical (unpaired) electrons. The Hall–Kier alpha value is -1.77. The van der Waals surface area contributed by atoms with Crippen molar-refractivity contribution in [2.45, 2.75) is 44.2 Å². The topological polar surface area (TPSA) is 74.6 Å². The van der Waals surface area contributed by atoms with E-state index < -0.39 is 11.4 Å². The van der Waals surface area contributed by atoms with Gasteiger partial charge in [0, 0.05) is 25.3 Å². The number of fused-ring (bicyclic) bond motifs is 1. The van der Waals surface area contributed by atoms with Gasteiger partial charge in [-0.05, 0) is 46.2 Å². The first-order valence-electron chi connectivity index (χ1n) is 9.66. The summed E-state index contributed by atoms with van der Waals surface area (Å²) in [5, 5.41) is 10.7. The molecule has 2 atom stereocenters. The molecule has 2 fully saturated rings. The van der Waals surface area contributed by atoms with Gasteiger partial charge in [0.25, 0.3) is 0 Å². The number of aliphatic hydroxyl groups is 1. The number of likely N-dealkylation sites (N-methyl/N-ethyl adjacent to an activating group) is 1. The quantitative estimate of drug-likeness (QED) is 0.778. The number of rotatable bonds is 4. The average molecular weight is 410 g/mol. The van der Waals surface area contributed by atoms with Crippen LogP contribution in [-0.4, -0.2) is 69.9 Å². The van der Waals surface area contributed by atoms with Crippen molar-refractivity contribution in [1.29, 1.82) is 0 Å². The van der Waals surface area contributed by atoms with Gasteiger partial charge in [0.15, 0.2) is 11.0 Å². The summed E-state index contributed by atoms with van der Waals surface area (Å²) in [5.41, 5.74) is -0.744. The van der Waals surface area contributed by atoms with Gasteiger partial charge in [-0.15, -0.1) is 0 Å². The van der Waals surface area contributed by atoms with Crippen LogP contribution >= 0.6 is 11.6 Å². The summed E-state index contributed by atoms with van der Waals surface area (Å²) in [6, 6.07) is 0.415. The summed E-state index contributed by atoms with van der Waals surface area (Å²) in [6.07, 6.45) is 5.18. The van der Waals surface area contributed by atoms with Crippen molar-refractivity contribution in [2.75, 3.05) is 38.2 Å². The highest BCUT2D eigenvalue weighted by Gasteiger charge is 2.31. The van der Waals surface area contributed by atoms with Crippen LogP contribution in [0.1, 0.15) is 32.6 Å². The molecule has 0 aromatic carbocycles. The van der Waals surface area contributed by atoms with Gasteiger partial charge < -0.3 is 19.6 Å². The highest BCUT2D eigenvalue weighted by atomic mass is 35.5. The molecule has 2 aliphatic heterocycles. The molecule has 0 amide bonds. The van der Waals surface area contributed by atoms with Crippen LogP contribution < -0.4 is 9.64 Å². The summed E-state index contributed by atoms with van der Waals surface area (Å²) in [7, 11) is 2.06. The lowest BCUT2D eigenvalue weighted by atomic mass is 9.95. The van der Waals surface area contributed by atoms with Crippen molar-refractivity contribution in [2.24, 2.45) is 0 Å². The summed E-state index contributed by atoms with van der Waals surface area (Å²) in [4.78, 5) is 16.9. The van der Waals surface area contributed by atoms with E-state index in [-0.39, 0.29) is 16.7 Å². The molecule has 152 valence electrons. The number of hydrogen-bond acceptors (Lipinski definition) is 7. The molecule has 0 bridgehead atoms. The predicted octanol–water partition coefficient (Wildman–Crippen LogP) is 2.64. The highest BCUT2D eigenvalue weighted by Crippen LogP contribution is 2.33. The van der Waals surface area contributed by atoms with Gasteiger partial charge in [-0.2, -0.15) is 9.97 Å². The van der Waals surface area contributed by atoms with E-state index in [2.05, 4.69) is 26.9 Å². The minimum atomic E-state index is -0.832. The zero-order valence-corrected chi connectivity index (χ0v) is 16.9. The number of halogens is 2. The molecule has 9 heteroatoms. The number of nitrogens with zero attached hydrogens (tertiary/aromatic N) is 5. The molecule has 0 saturated carbocycles. The van der Waals surface area contributed by atoms with E-state index in [0.717, 1.165) is 25.8 Å². The second-order valence-electron chi connectivity index (χ2n) is 8.06. The summed E-state index contributed by atoms with van der Waals surface area (Å²) < 4.78 is 20.5. The van der Waals surface area contributed by atoms with E-state index in [0.29, 0.717) is 43.4 Å². The third-order valence-electron chi connectivity index (χ3n) is 5.65. The van der Waals surface area contributed by atoms with Crippen LogP contribution in [-0.2, 0) is 0 Å². The average Bonchev–Trinajstić information content (AvgIpc) is 3.07. The Morgan fingerprint density at radius 1 is 1.36 bits per heavy atom. The van der Waals surface area contributed by atoms with Gasteiger partial charge in [0.2, 0.25) is 0 Å². The number of β-amino-alcohol motifs (C(OH)–C–C–N with tert-alkyl or cyclic N) is 1. The van der Waals surface area contributed by atoms with Crippen LogP contribution in [0.3, 0.4) is 0 Å². The molecule has 0 aliphatic carbocycles. The smallest absolute Gasteiger partial charge is 0.319 e. The van der Waals surface area contributed by atoms with E-state index in [9.17, 15) is 9.50 Å². The number of aromatic nitrogens is 3. The Morgan fingerprint density at radius 2 is 2.18 bits per heavy atom. The van der Waals surface area contributed by atoms with E-state index in [4.69, 9.17) is 16.3 Å². The number of pyridine rings is 1. The first-order chi connectivity index (χ1) is 13.3. The lowest BCUT2D eigenvalue weighted by Crippen LogP contribution is -2.46. The van der Waals surface area contributed by atoms with Crippen molar-refractivity contribution in [3.63, 3.8) is 0 Å². The molecule has 4 heterocycles. The maximum Gasteiger partial charge on any atom is 0.319 e. The van der Waals surface area contributed by atoms with Crippen molar-refractivity contribution < 1.29 is 14.2 Å². The maximum absolute atomic E-state index is 14.7. The normalized spacial score (nSPS) is 26.2. The summed E-state index contributed by atoms with van der Waals surface area (Å²) in [5.74, 6) is -0.169. The van der Waals surface area contributed by atoms with E-state index in [1.165, 1.54) is 6.20 Å². The van der Waals surface area contributed by atoms with Gasteiger partial charge >= 0.3 is 6.01 Å².